The molecule has 1 rings (SSSR count). The van der Waals surface area contributed by atoms with Gasteiger partial charge in [0.2, 0.25) is 5.91 Å². The smallest absolute Gasteiger partial charge is 0.308 e. The fourth-order valence-electron chi connectivity index (χ4n) is 2.03. The minimum atomic E-state index is -0.906. The zero-order chi connectivity index (χ0) is 15.4. The van der Waals surface area contributed by atoms with Gasteiger partial charge in [0, 0.05) is 25.2 Å². The largest absolute Gasteiger partial charge is 0.481 e. The molecule has 1 heterocycles. The first-order valence-corrected chi connectivity index (χ1v) is 6.73. The monoisotopic (exact) mass is 281 g/mol. The zero-order valence-corrected chi connectivity index (χ0v) is 12.7. The van der Waals surface area contributed by atoms with E-state index in [1.165, 1.54) is 0 Å². The Hall–Kier alpha value is -1.85. The van der Waals surface area contributed by atoms with E-state index in [1.54, 1.807) is 6.92 Å². The Balaban J connectivity index is 2.60. The highest BCUT2D eigenvalue weighted by molar-refractivity contribution is 5.79. The summed E-state index contributed by atoms with van der Waals surface area (Å²) in [5.41, 5.74) is 3.08. The van der Waals surface area contributed by atoms with Gasteiger partial charge >= 0.3 is 5.97 Å². The summed E-state index contributed by atoms with van der Waals surface area (Å²) in [4.78, 5) is 22.7. The topological polar surface area (TPSA) is 84.2 Å². The second kappa shape index (κ2) is 6.54. The van der Waals surface area contributed by atoms with Crippen LogP contribution in [0.2, 0.25) is 0 Å². The van der Waals surface area contributed by atoms with Crippen molar-refractivity contribution in [3.05, 3.63) is 17.0 Å². The number of nitrogens with zero attached hydrogens (tertiary/aromatic N) is 2. The fourth-order valence-corrected chi connectivity index (χ4v) is 2.03. The SMILES string of the molecule is Cc1nn(C)c(C)c1C[C@H](C)C(=O)NC[C@H](C)C(=O)O. The number of aromatic nitrogens is 2. The predicted molar refractivity (Wildman–Crippen MR) is 75.4 cm³/mol. The molecule has 0 fully saturated rings. The second-order valence-electron chi connectivity index (χ2n) is 5.36. The molecule has 1 amide bonds. The van der Waals surface area contributed by atoms with Crippen LogP contribution in [0.25, 0.3) is 0 Å². The van der Waals surface area contributed by atoms with E-state index in [9.17, 15) is 9.59 Å². The minimum Gasteiger partial charge on any atom is -0.481 e. The van der Waals surface area contributed by atoms with Crippen molar-refractivity contribution in [1.82, 2.24) is 15.1 Å². The van der Waals surface area contributed by atoms with Gasteiger partial charge in [0.15, 0.2) is 0 Å². The maximum absolute atomic E-state index is 12.0. The fraction of sp³-hybridized carbons (Fsp3) is 0.643. The van der Waals surface area contributed by atoms with Crippen LogP contribution in [0.3, 0.4) is 0 Å². The summed E-state index contributed by atoms with van der Waals surface area (Å²) >= 11 is 0. The molecule has 0 aliphatic rings. The van der Waals surface area contributed by atoms with E-state index >= 15 is 0 Å². The quantitative estimate of drug-likeness (QED) is 0.816. The molecule has 0 saturated heterocycles. The molecule has 0 unspecified atom stereocenters. The Morgan fingerprint density at radius 1 is 1.30 bits per heavy atom. The lowest BCUT2D eigenvalue weighted by atomic mass is 9.98. The molecule has 2 N–H and O–H groups in total. The Labute approximate surface area is 119 Å². The van der Waals surface area contributed by atoms with Crippen LogP contribution in [0.4, 0.5) is 0 Å². The molecular weight excluding hydrogens is 258 g/mol. The highest BCUT2D eigenvalue weighted by Gasteiger charge is 2.19. The molecule has 0 bridgehead atoms. The molecule has 0 spiro atoms. The van der Waals surface area contributed by atoms with Gasteiger partial charge in [-0.15, -0.1) is 0 Å². The molecule has 1 aromatic heterocycles. The first-order chi connectivity index (χ1) is 9.23. The van der Waals surface area contributed by atoms with Crippen molar-refractivity contribution in [2.75, 3.05) is 6.54 Å². The first-order valence-electron chi connectivity index (χ1n) is 6.73. The number of aryl methyl sites for hydroxylation is 2. The van der Waals surface area contributed by atoms with Gasteiger partial charge in [0.05, 0.1) is 11.6 Å². The van der Waals surface area contributed by atoms with E-state index in [0.717, 1.165) is 17.0 Å². The van der Waals surface area contributed by atoms with Crippen molar-refractivity contribution in [3.63, 3.8) is 0 Å². The third-order valence-corrected chi connectivity index (χ3v) is 3.62. The average molecular weight is 281 g/mol. The van der Waals surface area contributed by atoms with Crippen LogP contribution >= 0.6 is 0 Å². The van der Waals surface area contributed by atoms with Gasteiger partial charge in [-0.25, -0.2) is 0 Å². The average Bonchev–Trinajstić information content (AvgIpc) is 2.61. The Morgan fingerprint density at radius 2 is 1.90 bits per heavy atom. The standard InChI is InChI=1S/C14H23N3O3/c1-8(13(18)15-7-9(2)14(19)20)6-12-10(3)16-17(5)11(12)4/h8-9H,6-7H2,1-5H3,(H,15,18)(H,19,20)/t8-,9-/m0/s1. The zero-order valence-electron chi connectivity index (χ0n) is 12.7. The van der Waals surface area contributed by atoms with Crippen LogP contribution in [0, 0.1) is 25.7 Å². The summed E-state index contributed by atoms with van der Waals surface area (Å²) in [6, 6.07) is 0. The number of aliphatic carboxylic acids is 1. The Kier molecular flexibility index (Phi) is 5.30. The molecule has 2 atom stereocenters. The van der Waals surface area contributed by atoms with Crippen molar-refractivity contribution in [3.8, 4) is 0 Å². The van der Waals surface area contributed by atoms with Gasteiger partial charge in [-0.05, 0) is 25.8 Å². The van der Waals surface area contributed by atoms with Crippen LogP contribution in [0.1, 0.15) is 30.8 Å². The number of rotatable bonds is 6. The lowest BCUT2D eigenvalue weighted by Crippen LogP contribution is -2.35. The van der Waals surface area contributed by atoms with Gasteiger partial charge in [-0.3, -0.25) is 14.3 Å². The van der Waals surface area contributed by atoms with Crippen LogP contribution in [-0.4, -0.2) is 33.3 Å². The number of hydrogen-bond acceptors (Lipinski definition) is 3. The van der Waals surface area contributed by atoms with Gasteiger partial charge < -0.3 is 10.4 Å². The lowest BCUT2D eigenvalue weighted by molar-refractivity contribution is -0.141. The normalized spacial score (nSPS) is 13.8. The number of carbonyl (C=O) groups excluding carboxylic acids is 1. The minimum absolute atomic E-state index is 0.124. The molecule has 1 aromatic rings. The number of carboxylic acid groups (broad SMARTS) is 1. The van der Waals surface area contributed by atoms with E-state index in [2.05, 4.69) is 10.4 Å². The van der Waals surface area contributed by atoms with Crippen molar-refractivity contribution in [1.29, 1.82) is 0 Å². The highest BCUT2D eigenvalue weighted by atomic mass is 16.4. The third kappa shape index (κ3) is 3.82. The molecular formula is C14H23N3O3. The molecule has 0 aromatic carbocycles. The van der Waals surface area contributed by atoms with Crippen molar-refractivity contribution in [2.24, 2.45) is 18.9 Å². The van der Waals surface area contributed by atoms with Gasteiger partial charge in [-0.1, -0.05) is 13.8 Å². The Morgan fingerprint density at radius 3 is 2.35 bits per heavy atom. The molecule has 6 nitrogen and oxygen atoms in total. The molecule has 6 heteroatoms. The van der Waals surface area contributed by atoms with E-state index < -0.39 is 11.9 Å². The molecule has 20 heavy (non-hydrogen) atoms. The molecule has 0 aliphatic heterocycles. The summed E-state index contributed by atoms with van der Waals surface area (Å²) in [7, 11) is 1.88. The van der Waals surface area contributed by atoms with Gasteiger partial charge in [0.25, 0.3) is 0 Å². The van der Waals surface area contributed by atoms with Crippen LogP contribution < -0.4 is 5.32 Å². The number of carboxylic acids is 1. The van der Waals surface area contributed by atoms with Crippen LogP contribution in [0.5, 0.6) is 0 Å². The molecule has 0 radical (unpaired) electrons. The van der Waals surface area contributed by atoms with Crippen molar-refractivity contribution in [2.45, 2.75) is 34.1 Å². The molecule has 0 aliphatic carbocycles. The number of hydrogen-bond donors (Lipinski definition) is 2. The van der Waals surface area contributed by atoms with Gasteiger partial charge in [0.1, 0.15) is 0 Å². The number of nitrogens with one attached hydrogen (secondary N) is 1. The van der Waals surface area contributed by atoms with E-state index in [0.29, 0.717) is 6.42 Å². The summed E-state index contributed by atoms with van der Waals surface area (Å²) < 4.78 is 1.81. The number of carbonyl (C=O) groups is 2. The van der Waals surface area contributed by atoms with Crippen molar-refractivity contribution >= 4 is 11.9 Å². The number of amides is 1. The van der Waals surface area contributed by atoms with Gasteiger partial charge in [-0.2, -0.15) is 5.10 Å². The maximum atomic E-state index is 12.0. The summed E-state index contributed by atoms with van der Waals surface area (Å²) in [5.74, 6) is -1.82. The lowest BCUT2D eigenvalue weighted by Gasteiger charge is -2.14. The Bertz CT molecular complexity index is 508. The van der Waals surface area contributed by atoms with Crippen molar-refractivity contribution < 1.29 is 14.7 Å². The summed E-state index contributed by atoms with van der Waals surface area (Å²) in [6.07, 6.45) is 0.610. The van der Waals surface area contributed by atoms with Crippen LogP contribution in [-0.2, 0) is 23.1 Å². The van der Waals surface area contributed by atoms with E-state index in [4.69, 9.17) is 5.11 Å². The second-order valence-corrected chi connectivity index (χ2v) is 5.36. The van der Waals surface area contributed by atoms with Crippen LogP contribution in [0.15, 0.2) is 0 Å². The highest BCUT2D eigenvalue weighted by Crippen LogP contribution is 2.17. The first kappa shape index (κ1) is 16.2. The maximum Gasteiger partial charge on any atom is 0.308 e. The van der Waals surface area contributed by atoms with E-state index in [1.807, 2.05) is 32.5 Å². The predicted octanol–water partition coefficient (Wildman–Crippen LogP) is 1.05. The molecule has 112 valence electrons. The van der Waals surface area contributed by atoms with E-state index in [-0.39, 0.29) is 18.4 Å². The summed E-state index contributed by atoms with van der Waals surface area (Å²) in [6.45, 7) is 7.48. The summed E-state index contributed by atoms with van der Waals surface area (Å²) in [5, 5.41) is 15.8. The molecule has 0 saturated carbocycles. The third-order valence-electron chi connectivity index (χ3n) is 3.62.